The van der Waals surface area contributed by atoms with Crippen molar-refractivity contribution in [1.29, 1.82) is 0 Å². The summed E-state index contributed by atoms with van der Waals surface area (Å²) in [6, 6.07) is 4.57. The van der Waals surface area contributed by atoms with Gasteiger partial charge in [0.1, 0.15) is 30.3 Å². The van der Waals surface area contributed by atoms with Crippen molar-refractivity contribution < 1.29 is 82.1 Å². The first-order valence-corrected chi connectivity index (χ1v) is 21.9. The number of rotatable bonds is 27. The van der Waals surface area contributed by atoms with Crippen molar-refractivity contribution in [1.82, 2.24) is 23.7 Å². The van der Waals surface area contributed by atoms with Gasteiger partial charge in [0.2, 0.25) is 10.0 Å². The number of piperazine rings is 1. The number of nitrogens with zero attached hydrogens (tertiary/aromatic N) is 6. The molecule has 1 aromatic carbocycles. The van der Waals surface area contributed by atoms with Crippen molar-refractivity contribution in [3.05, 3.63) is 60.5 Å². The van der Waals surface area contributed by atoms with Crippen molar-refractivity contribution in [3.8, 4) is 17.1 Å². The Morgan fingerprint density at radius 1 is 0.939 bits per heavy atom. The monoisotopic (exact) mass is 959 g/mol. The average Bonchev–Trinajstić information content (AvgIpc) is 3.60. The number of aromatic nitrogens is 3. The first-order valence-electron chi connectivity index (χ1n) is 20.5. The number of ether oxygens (including phenoxy) is 3. The van der Waals surface area contributed by atoms with E-state index < -0.39 is 81.8 Å². The largest absolute Gasteiger partial charge is 0.493 e. The van der Waals surface area contributed by atoms with Crippen molar-refractivity contribution in [2.75, 3.05) is 65.8 Å². The highest BCUT2D eigenvalue weighted by atomic mass is 32.2. The van der Waals surface area contributed by atoms with Gasteiger partial charge in [0.25, 0.3) is 15.7 Å². The molecule has 3 aromatic rings. The minimum Gasteiger partial charge on any atom is -0.493 e. The maximum absolute atomic E-state index is 13.9. The summed E-state index contributed by atoms with van der Waals surface area (Å²) in [5, 5.41) is 52.4. The first kappa shape index (κ1) is 53.8. The van der Waals surface area contributed by atoms with Crippen LogP contribution in [0.2, 0.25) is 0 Å². The van der Waals surface area contributed by atoms with E-state index in [1.165, 1.54) is 16.4 Å². The Hall–Kier alpha value is -6.49. The van der Waals surface area contributed by atoms with E-state index in [4.69, 9.17) is 39.6 Å². The Kier molecular flexibility index (Phi) is 20.6. The highest BCUT2D eigenvalue weighted by Crippen LogP contribution is 2.33. The summed E-state index contributed by atoms with van der Waals surface area (Å²) in [4.78, 5) is 94.8. The molecule has 1 atom stereocenters. The number of esters is 1. The van der Waals surface area contributed by atoms with E-state index in [-0.39, 0.29) is 49.0 Å². The van der Waals surface area contributed by atoms with Crippen LogP contribution in [0.15, 0.2) is 34.1 Å². The van der Waals surface area contributed by atoms with E-state index in [1.54, 1.807) is 6.07 Å². The zero-order valence-corrected chi connectivity index (χ0v) is 37.1. The Morgan fingerprint density at radius 2 is 1.61 bits per heavy atom. The predicted molar refractivity (Wildman–Crippen MR) is 225 cm³/mol. The third-order valence-corrected chi connectivity index (χ3v) is 11.5. The third kappa shape index (κ3) is 15.9. The molecular weight excluding hydrogens is 907 g/mol. The first-order chi connectivity index (χ1) is 31.1. The van der Waals surface area contributed by atoms with Crippen molar-refractivity contribution in [2.24, 2.45) is 0 Å². The van der Waals surface area contributed by atoms with Crippen LogP contribution in [0, 0.1) is 20.2 Å². The maximum atomic E-state index is 13.9. The molecule has 0 aliphatic carbocycles. The minimum absolute atomic E-state index is 0.0326. The van der Waals surface area contributed by atoms with Gasteiger partial charge in [-0.05, 0) is 43.5 Å². The molecule has 0 amide bonds. The number of nitrogens with one attached hydrogen (secondary N) is 1. The normalized spacial score (nSPS) is 13.8. The summed E-state index contributed by atoms with van der Waals surface area (Å²) in [6.07, 6.45) is 0.428. The van der Waals surface area contributed by atoms with Gasteiger partial charge in [0, 0.05) is 45.5 Å². The number of aryl methyl sites for hydroxylation is 2. The molecule has 366 valence electrons. The topological polar surface area (TPSA) is 373 Å². The maximum Gasteiger partial charge on any atom is 0.336 e. The van der Waals surface area contributed by atoms with Crippen LogP contribution in [0.3, 0.4) is 0 Å². The molecule has 4 rings (SSSR count). The van der Waals surface area contributed by atoms with Gasteiger partial charge >= 0.3 is 23.9 Å². The van der Waals surface area contributed by atoms with E-state index in [0.29, 0.717) is 55.1 Å². The van der Waals surface area contributed by atoms with Crippen molar-refractivity contribution in [2.45, 2.75) is 82.4 Å². The van der Waals surface area contributed by atoms with Crippen LogP contribution in [0.4, 0.5) is 0 Å². The summed E-state index contributed by atoms with van der Waals surface area (Å²) >= 11 is 0. The molecule has 0 spiro atoms. The van der Waals surface area contributed by atoms with Gasteiger partial charge < -0.3 is 53.9 Å². The molecule has 2 aromatic heterocycles. The number of H-pyrrole nitrogens is 1. The fourth-order valence-corrected chi connectivity index (χ4v) is 7.90. The predicted octanol–water partition coefficient (Wildman–Crippen LogP) is 0.946. The van der Waals surface area contributed by atoms with E-state index in [2.05, 4.69) is 14.7 Å². The fourth-order valence-electron chi connectivity index (χ4n) is 6.46. The van der Waals surface area contributed by atoms with Gasteiger partial charge in [-0.3, -0.25) is 24.1 Å². The number of aliphatic carboxylic acids is 3. The molecule has 28 heteroatoms. The number of carbonyl (C=O) groups is 4. The van der Waals surface area contributed by atoms with Gasteiger partial charge in [0.05, 0.1) is 55.1 Å². The Morgan fingerprint density at radius 3 is 2.17 bits per heavy atom. The van der Waals surface area contributed by atoms with Gasteiger partial charge in [-0.25, -0.2) is 18.2 Å². The molecule has 0 radical (unpaired) electrons. The second kappa shape index (κ2) is 25.3. The summed E-state index contributed by atoms with van der Waals surface area (Å²) in [5.41, 5.74) is -0.711. The fraction of sp³-hybridized carbons (Fsp3) is 0.579. The lowest BCUT2D eigenvalue weighted by atomic mass is 9.96. The van der Waals surface area contributed by atoms with Crippen LogP contribution in [-0.4, -0.2) is 164 Å². The van der Waals surface area contributed by atoms with E-state index in [9.17, 15) is 52.6 Å². The van der Waals surface area contributed by atoms with Gasteiger partial charge in [-0.15, -0.1) is 20.2 Å². The lowest BCUT2D eigenvalue weighted by molar-refractivity contribution is -0.790. The standard InChI is InChI=1S/C32H45N7O13S.C6H8O7/c1-4-7-23-20-36(6-3)30-29(23)33-31(34-32(30)41)26-19-25(8-9-27(26)49-16-5-2)53(46,47)37-13-11-35(12-14-37)15-18-50-28(40)10-17-48-21-24(52-39(44)45)22-51-38(42)43;7-3(8)1-6(13,5(11)12)2-4(9)10/h8-9,19-20,24H,4-7,10-18,21-22H2,1-3H3,(H,33,34,41);13H,1-2H2,(H,7,8)(H,9,10)(H,11,12). The van der Waals surface area contributed by atoms with Gasteiger partial charge in [-0.1, -0.05) is 20.3 Å². The number of aliphatic hydroxyl groups is 1. The Labute approximate surface area is 376 Å². The number of benzene rings is 1. The summed E-state index contributed by atoms with van der Waals surface area (Å²) in [6.45, 7) is 7.14. The molecule has 27 nitrogen and oxygen atoms in total. The average molecular weight is 960 g/mol. The highest BCUT2D eigenvalue weighted by molar-refractivity contribution is 7.89. The summed E-state index contributed by atoms with van der Waals surface area (Å²) in [7, 11) is -3.95. The molecule has 1 saturated heterocycles. The quantitative estimate of drug-likeness (QED) is 0.0307. The zero-order valence-electron chi connectivity index (χ0n) is 36.3. The van der Waals surface area contributed by atoms with Crippen LogP contribution < -0.4 is 10.3 Å². The Bertz CT molecular complexity index is 2330. The molecule has 0 bridgehead atoms. The summed E-state index contributed by atoms with van der Waals surface area (Å²) < 4.78 is 47.3. The number of carboxylic acids is 3. The zero-order chi connectivity index (χ0) is 49.2. The number of sulfonamides is 1. The molecule has 1 aliphatic rings. The molecule has 1 aliphatic heterocycles. The number of carbonyl (C=O) groups excluding carboxylic acids is 1. The summed E-state index contributed by atoms with van der Waals surface area (Å²) in [5.74, 6) is -4.99. The van der Waals surface area contributed by atoms with E-state index in [0.717, 1.165) is 24.8 Å². The van der Waals surface area contributed by atoms with E-state index >= 15 is 0 Å². The molecule has 1 unspecified atom stereocenters. The number of hydrogen-bond donors (Lipinski definition) is 5. The number of hydrogen-bond acceptors (Lipinski definition) is 19. The van der Waals surface area contributed by atoms with Crippen molar-refractivity contribution >= 4 is 44.9 Å². The molecule has 0 saturated carbocycles. The lowest BCUT2D eigenvalue weighted by Crippen LogP contribution is -2.49. The highest BCUT2D eigenvalue weighted by Gasteiger charge is 2.41. The molecule has 1 fully saturated rings. The second-order valence-electron chi connectivity index (χ2n) is 14.5. The number of fused-ring (bicyclic) bond motifs is 1. The SMILES string of the molecule is CCCOc1ccc(S(=O)(=O)N2CCN(CCOC(=O)CCOCC(CO[N+](=O)[O-])O[N+](=O)[O-])CC2)cc1-c1nc2c(CCC)cn(CC)c2c(=O)[nH]1.O=C(O)CC(O)(CC(=O)O)C(=O)O. The lowest BCUT2D eigenvalue weighted by Gasteiger charge is -2.33. The number of carboxylic acid groups (broad SMARTS) is 3. The van der Waals surface area contributed by atoms with Crippen LogP contribution in [0.1, 0.15) is 58.4 Å². The van der Waals surface area contributed by atoms with Gasteiger partial charge in [0.15, 0.2) is 11.7 Å². The van der Waals surface area contributed by atoms with Crippen LogP contribution in [0.5, 0.6) is 5.75 Å². The molecule has 66 heavy (non-hydrogen) atoms. The van der Waals surface area contributed by atoms with Crippen molar-refractivity contribution in [3.63, 3.8) is 0 Å². The molecule has 5 N–H and O–H groups in total. The Balaban J connectivity index is 0.000000771. The van der Waals surface area contributed by atoms with Gasteiger partial charge in [-0.2, -0.15) is 4.31 Å². The van der Waals surface area contributed by atoms with Crippen LogP contribution in [-0.2, 0) is 61.3 Å². The third-order valence-electron chi connectivity index (χ3n) is 9.61. The number of aromatic amines is 1. The van der Waals surface area contributed by atoms with Crippen LogP contribution >= 0.6 is 0 Å². The van der Waals surface area contributed by atoms with E-state index in [1.807, 2.05) is 36.4 Å². The minimum atomic E-state index is -3.95. The second-order valence-corrected chi connectivity index (χ2v) is 16.5. The van der Waals surface area contributed by atoms with Crippen LogP contribution in [0.25, 0.3) is 22.4 Å². The molecular formula is C38H53N7O20S. The molecule has 3 heterocycles. The smallest absolute Gasteiger partial charge is 0.336 e.